The fourth-order valence-corrected chi connectivity index (χ4v) is 5.74. The van der Waals surface area contributed by atoms with Crippen LogP contribution < -0.4 is 5.56 Å². The Kier molecular flexibility index (Phi) is 4.18. The van der Waals surface area contributed by atoms with Gasteiger partial charge in [-0.3, -0.25) is 9.59 Å². The second-order valence-corrected chi connectivity index (χ2v) is 8.56. The number of aromatic nitrogens is 1. The summed E-state index contributed by atoms with van der Waals surface area (Å²) in [5.74, 6) is 3.07. The van der Waals surface area contributed by atoms with Crippen LogP contribution in [0.2, 0.25) is 0 Å². The van der Waals surface area contributed by atoms with Gasteiger partial charge in [0.2, 0.25) is 0 Å². The molecule has 1 N–H and O–H groups in total. The van der Waals surface area contributed by atoms with E-state index in [1.807, 2.05) is 4.90 Å². The zero-order chi connectivity index (χ0) is 18.4. The molecule has 3 heterocycles. The van der Waals surface area contributed by atoms with Crippen LogP contribution in [0.15, 0.2) is 39.7 Å². The lowest BCUT2D eigenvalue weighted by molar-refractivity contribution is 0.0706. The smallest absolute Gasteiger partial charge is 0.261 e. The molecule has 5 rings (SSSR count). The predicted octanol–water partition coefficient (Wildman–Crippen LogP) is 4.07. The minimum atomic E-state index is -0.334. The molecule has 0 radical (unpaired) electrons. The van der Waals surface area contributed by atoms with Crippen LogP contribution in [0.3, 0.4) is 0 Å². The first kappa shape index (κ1) is 16.8. The van der Waals surface area contributed by atoms with Gasteiger partial charge >= 0.3 is 0 Å². The maximum Gasteiger partial charge on any atom is 0.261 e. The van der Waals surface area contributed by atoms with E-state index in [4.69, 9.17) is 4.42 Å². The topological polar surface area (TPSA) is 66.3 Å². The summed E-state index contributed by atoms with van der Waals surface area (Å²) in [6.45, 7) is 0.768. The van der Waals surface area contributed by atoms with Gasteiger partial charge < -0.3 is 14.3 Å². The summed E-state index contributed by atoms with van der Waals surface area (Å²) in [7, 11) is 0. The molecule has 27 heavy (non-hydrogen) atoms. The molecule has 0 aromatic carbocycles. The summed E-state index contributed by atoms with van der Waals surface area (Å²) in [6.07, 6.45) is 10.3. The molecule has 0 spiro atoms. The largest absolute Gasteiger partial charge is 0.463 e. The zero-order valence-electron chi connectivity index (χ0n) is 15.5. The highest BCUT2D eigenvalue weighted by molar-refractivity contribution is 5.94. The number of hydrogen-bond acceptors (Lipinski definition) is 3. The Morgan fingerprint density at radius 1 is 1.19 bits per heavy atom. The number of furan rings is 1. The molecule has 0 unspecified atom stereocenters. The lowest BCUT2D eigenvalue weighted by Gasteiger charge is -2.30. The van der Waals surface area contributed by atoms with E-state index in [2.05, 4.69) is 4.98 Å². The number of hydrogen-bond donors (Lipinski definition) is 1. The number of likely N-dealkylation sites (tertiary alicyclic amines) is 1. The number of carbonyl (C=O) groups excluding carboxylic acids is 1. The van der Waals surface area contributed by atoms with Gasteiger partial charge in [0, 0.05) is 12.6 Å². The number of nitrogens with zero attached hydrogens (tertiary/aromatic N) is 1. The van der Waals surface area contributed by atoms with Crippen molar-refractivity contribution >= 4 is 5.91 Å². The minimum absolute atomic E-state index is 0.118. The van der Waals surface area contributed by atoms with Gasteiger partial charge in [-0.25, -0.2) is 0 Å². The van der Waals surface area contributed by atoms with Gasteiger partial charge in [-0.15, -0.1) is 0 Å². The molecule has 5 nitrogen and oxygen atoms in total. The van der Waals surface area contributed by atoms with Crippen molar-refractivity contribution in [3.8, 4) is 11.5 Å². The number of pyridine rings is 1. The third-order valence-electron chi connectivity index (χ3n) is 7.02. The summed E-state index contributed by atoms with van der Waals surface area (Å²) >= 11 is 0. The normalized spacial score (nSPS) is 29.6. The van der Waals surface area contributed by atoms with Gasteiger partial charge in [0.05, 0.1) is 12.0 Å². The van der Waals surface area contributed by atoms with Crippen LogP contribution in [0.5, 0.6) is 0 Å². The molecule has 2 aromatic heterocycles. The maximum absolute atomic E-state index is 13.1. The predicted molar refractivity (Wildman–Crippen MR) is 102 cm³/mol. The molecule has 142 valence electrons. The van der Waals surface area contributed by atoms with E-state index in [9.17, 15) is 9.59 Å². The lowest BCUT2D eigenvalue weighted by atomic mass is 9.83. The second-order valence-electron chi connectivity index (χ2n) is 8.56. The van der Waals surface area contributed by atoms with Gasteiger partial charge in [0.1, 0.15) is 11.3 Å². The third-order valence-corrected chi connectivity index (χ3v) is 7.02. The number of fused-ring (bicyclic) bond motifs is 2. The van der Waals surface area contributed by atoms with Crippen LogP contribution in [0.1, 0.15) is 55.3 Å². The quantitative estimate of drug-likeness (QED) is 0.887. The Morgan fingerprint density at radius 2 is 2.11 bits per heavy atom. The van der Waals surface area contributed by atoms with E-state index in [0.717, 1.165) is 43.6 Å². The van der Waals surface area contributed by atoms with Gasteiger partial charge in [0.15, 0.2) is 0 Å². The molecular weight excluding hydrogens is 340 g/mol. The van der Waals surface area contributed by atoms with Crippen LogP contribution in [0, 0.1) is 17.8 Å². The number of amides is 1. The van der Waals surface area contributed by atoms with E-state index >= 15 is 0 Å². The first-order valence-electron chi connectivity index (χ1n) is 10.3. The Morgan fingerprint density at radius 3 is 2.81 bits per heavy atom. The summed E-state index contributed by atoms with van der Waals surface area (Å²) in [4.78, 5) is 30.4. The summed E-state index contributed by atoms with van der Waals surface area (Å²) in [5, 5.41) is 0. The molecule has 5 heteroatoms. The molecule has 1 saturated heterocycles. The molecule has 2 bridgehead atoms. The molecule has 3 fully saturated rings. The van der Waals surface area contributed by atoms with E-state index in [0.29, 0.717) is 17.5 Å². The van der Waals surface area contributed by atoms with E-state index in [1.165, 1.54) is 25.7 Å². The van der Waals surface area contributed by atoms with Crippen LogP contribution in [0.25, 0.3) is 11.5 Å². The van der Waals surface area contributed by atoms with Crippen LogP contribution >= 0.6 is 0 Å². The van der Waals surface area contributed by atoms with Crippen LogP contribution in [0.4, 0.5) is 0 Å². The Bertz CT molecular complexity index is 885. The molecule has 3 aliphatic rings. The summed E-state index contributed by atoms with van der Waals surface area (Å²) < 4.78 is 5.32. The molecule has 2 aromatic rings. The molecule has 4 atom stereocenters. The monoisotopic (exact) mass is 366 g/mol. The van der Waals surface area contributed by atoms with Gasteiger partial charge in [-0.2, -0.15) is 0 Å². The van der Waals surface area contributed by atoms with Crippen molar-refractivity contribution in [3.05, 3.63) is 46.4 Å². The third kappa shape index (κ3) is 3.03. The molecule has 2 saturated carbocycles. The zero-order valence-corrected chi connectivity index (χ0v) is 15.5. The van der Waals surface area contributed by atoms with Crippen molar-refractivity contribution in [3.63, 3.8) is 0 Å². The number of carbonyl (C=O) groups is 1. The van der Waals surface area contributed by atoms with E-state index in [-0.39, 0.29) is 17.0 Å². The molecule has 1 aliphatic heterocycles. The number of nitrogens with one attached hydrogen (secondary N) is 1. The van der Waals surface area contributed by atoms with Gasteiger partial charge in [-0.1, -0.05) is 6.42 Å². The second kappa shape index (κ2) is 6.70. The first-order valence-corrected chi connectivity index (χ1v) is 10.3. The molecule has 2 aliphatic carbocycles. The fraction of sp³-hybridized carbons (Fsp3) is 0.545. The highest BCUT2D eigenvalue weighted by atomic mass is 16.3. The van der Waals surface area contributed by atoms with Crippen LogP contribution in [-0.4, -0.2) is 28.4 Å². The van der Waals surface area contributed by atoms with Crippen molar-refractivity contribution in [2.24, 2.45) is 17.8 Å². The van der Waals surface area contributed by atoms with Crippen molar-refractivity contribution in [1.82, 2.24) is 9.88 Å². The average molecular weight is 366 g/mol. The minimum Gasteiger partial charge on any atom is -0.463 e. The van der Waals surface area contributed by atoms with Crippen LogP contribution in [-0.2, 0) is 0 Å². The fourth-order valence-electron chi connectivity index (χ4n) is 5.74. The van der Waals surface area contributed by atoms with Gasteiger partial charge in [0.25, 0.3) is 11.5 Å². The first-order chi connectivity index (χ1) is 13.2. The average Bonchev–Trinajstić information content (AvgIpc) is 3.45. The highest BCUT2D eigenvalue weighted by Gasteiger charge is 2.42. The number of rotatable bonds is 4. The van der Waals surface area contributed by atoms with Crippen molar-refractivity contribution in [1.29, 1.82) is 0 Å². The van der Waals surface area contributed by atoms with E-state index < -0.39 is 0 Å². The Labute approximate surface area is 158 Å². The molecule has 1 amide bonds. The van der Waals surface area contributed by atoms with Crippen molar-refractivity contribution < 1.29 is 9.21 Å². The van der Waals surface area contributed by atoms with Gasteiger partial charge in [-0.05, 0) is 80.5 Å². The standard InChI is InChI=1S/C22H26N2O3/c25-21-18(7-8-19(23-21)20-4-2-10-27-20)22(26)24-9-1-3-17(24)13-16-12-14-5-6-15(16)11-14/h2,4,7-8,10,14-17H,1,3,5-6,9,11-13H2,(H,23,25)/t14-,15-,16-,17-/m1/s1. The maximum atomic E-state index is 13.1. The summed E-state index contributed by atoms with van der Waals surface area (Å²) in [6, 6.07) is 7.27. The Balaban J connectivity index is 1.33. The summed E-state index contributed by atoms with van der Waals surface area (Å²) in [5.41, 5.74) is 0.506. The van der Waals surface area contributed by atoms with E-state index in [1.54, 1.807) is 30.5 Å². The van der Waals surface area contributed by atoms with Crippen molar-refractivity contribution in [2.75, 3.05) is 6.54 Å². The number of H-pyrrole nitrogens is 1. The number of aromatic amines is 1. The Hall–Kier alpha value is -2.30. The highest BCUT2D eigenvalue weighted by Crippen LogP contribution is 2.50. The SMILES string of the molecule is O=C(c1ccc(-c2ccco2)[nH]c1=O)N1CCC[C@@H]1C[C@H]1C[C@@H]2CC[C@@H]1C2. The lowest BCUT2D eigenvalue weighted by Crippen LogP contribution is -2.39. The van der Waals surface area contributed by atoms with Crippen molar-refractivity contribution in [2.45, 2.75) is 51.0 Å². The molecular formula is C22H26N2O3.